The predicted octanol–water partition coefficient (Wildman–Crippen LogP) is 3.86. The Morgan fingerprint density at radius 1 is 1.24 bits per heavy atom. The number of nitriles is 1. The van der Waals surface area contributed by atoms with Crippen molar-refractivity contribution in [3.05, 3.63) is 74.7 Å². The summed E-state index contributed by atoms with van der Waals surface area (Å²) in [7, 11) is 0. The number of nitrogens with one attached hydrogen (secondary N) is 1. The standard InChI is InChI=1S/C26H28N4O4/c1-5-33-11-7-9-28-24(31)20(16-27)15-22-25(34-21-13-17(2)12-18(3)14-21)29-23-19(4)8-6-10-30(23)26(22)32/h6,8,10,12-15H,5,7,9,11H2,1-4H3,(H,28,31)/b20-15+. The lowest BCUT2D eigenvalue weighted by Crippen LogP contribution is -2.27. The van der Waals surface area contributed by atoms with Crippen LogP contribution in [0.25, 0.3) is 11.7 Å². The first-order valence-corrected chi connectivity index (χ1v) is 11.1. The number of carbonyl (C=O) groups is 1. The Morgan fingerprint density at radius 2 is 1.97 bits per heavy atom. The highest BCUT2D eigenvalue weighted by Gasteiger charge is 2.18. The lowest BCUT2D eigenvalue weighted by atomic mass is 10.1. The Labute approximate surface area is 198 Å². The van der Waals surface area contributed by atoms with E-state index in [-0.39, 0.29) is 17.0 Å². The molecule has 8 heteroatoms. The molecule has 3 rings (SSSR count). The molecule has 0 fully saturated rings. The summed E-state index contributed by atoms with van der Waals surface area (Å²) >= 11 is 0. The topological polar surface area (TPSA) is 106 Å². The second kappa shape index (κ2) is 11.3. The summed E-state index contributed by atoms with van der Waals surface area (Å²) < 4.78 is 12.7. The van der Waals surface area contributed by atoms with Crippen molar-refractivity contribution in [2.24, 2.45) is 0 Å². The molecule has 3 aromatic rings. The summed E-state index contributed by atoms with van der Waals surface area (Å²) in [4.78, 5) is 30.5. The number of hydrogen-bond acceptors (Lipinski definition) is 6. The summed E-state index contributed by atoms with van der Waals surface area (Å²) in [6, 6.07) is 11.1. The Bertz CT molecular complexity index is 1310. The average molecular weight is 461 g/mol. The van der Waals surface area contributed by atoms with Crippen LogP contribution in [-0.2, 0) is 9.53 Å². The van der Waals surface area contributed by atoms with Gasteiger partial charge in [-0.05, 0) is 75.1 Å². The molecule has 0 bridgehead atoms. The van der Waals surface area contributed by atoms with Crippen LogP contribution in [-0.4, -0.2) is 35.1 Å². The van der Waals surface area contributed by atoms with Gasteiger partial charge in [-0.15, -0.1) is 0 Å². The van der Waals surface area contributed by atoms with E-state index in [1.807, 2.05) is 58.0 Å². The van der Waals surface area contributed by atoms with Gasteiger partial charge in [0.15, 0.2) is 0 Å². The SMILES string of the molecule is CCOCCCNC(=O)/C(C#N)=C/c1c(Oc2cc(C)cc(C)c2)nc2c(C)cccn2c1=O. The fourth-order valence-corrected chi connectivity index (χ4v) is 3.51. The molecule has 0 aliphatic carbocycles. The van der Waals surface area contributed by atoms with Crippen LogP contribution in [0.15, 0.2) is 46.9 Å². The highest BCUT2D eigenvalue weighted by atomic mass is 16.5. The number of aryl methyl sites for hydroxylation is 3. The van der Waals surface area contributed by atoms with Crippen molar-refractivity contribution in [3.8, 4) is 17.7 Å². The van der Waals surface area contributed by atoms with Crippen molar-refractivity contribution < 1.29 is 14.3 Å². The number of fused-ring (bicyclic) bond motifs is 1. The van der Waals surface area contributed by atoms with Crippen LogP contribution in [0.3, 0.4) is 0 Å². The number of benzene rings is 1. The van der Waals surface area contributed by atoms with Crippen LogP contribution in [0, 0.1) is 32.1 Å². The molecule has 0 atom stereocenters. The molecule has 2 heterocycles. The monoisotopic (exact) mass is 460 g/mol. The molecular formula is C26H28N4O4. The molecule has 1 aromatic carbocycles. The third-order valence-corrected chi connectivity index (χ3v) is 5.07. The number of rotatable bonds is 9. The minimum Gasteiger partial charge on any atom is -0.438 e. The quantitative estimate of drug-likeness (QED) is 0.295. The number of carbonyl (C=O) groups excluding carboxylic acids is 1. The molecule has 34 heavy (non-hydrogen) atoms. The minimum absolute atomic E-state index is 0.0169. The number of amides is 1. The summed E-state index contributed by atoms with van der Waals surface area (Å²) in [6.45, 7) is 9.07. The van der Waals surface area contributed by atoms with Gasteiger partial charge in [0.2, 0.25) is 5.88 Å². The number of aromatic nitrogens is 2. The van der Waals surface area contributed by atoms with Gasteiger partial charge >= 0.3 is 0 Å². The van der Waals surface area contributed by atoms with E-state index in [1.54, 1.807) is 12.3 Å². The maximum atomic E-state index is 13.4. The smallest absolute Gasteiger partial charge is 0.269 e. The fraction of sp³-hybridized carbons (Fsp3) is 0.308. The van der Waals surface area contributed by atoms with E-state index in [9.17, 15) is 14.9 Å². The van der Waals surface area contributed by atoms with Gasteiger partial charge in [0.05, 0.1) is 0 Å². The van der Waals surface area contributed by atoms with E-state index >= 15 is 0 Å². The number of pyridine rings is 1. The molecule has 1 amide bonds. The highest BCUT2D eigenvalue weighted by Crippen LogP contribution is 2.26. The first-order valence-electron chi connectivity index (χ1n) is 11.1. The summed E-state index contributed by atoms with van der Waals surface area (Å²) in [5.74, 6) is -0.0397. The van der Waals surface area contributed by atoms with Gasteiger partial charge in [-0.25, -0.2) is 0 Å². The summed E-state index contributed by atoms with van der Waals surface area (Å²) in [5.41, 5.74) is 2.56. The van der Waals surface area contributed by atoms with Crippen LogP contribution in [0.5, 0.6) is 11.6 Å². The van der Waals surface area contributed by atoms with Crippen molar-refractivity contribution in [1.82, 2.24) is 14.7 Å². The number of hydrogen-bond donors (Lipinski definition) is 1. The van der Waals surface area contributed by atoms with Gasteiger partial charge < -0.3 is 14.8 Å². The van der Waals surface area contributed by atoms with Crippen molar-refractivity contribution in [2.45, 2.75) is 34.1 Å². The van der Waals surface area contributed by atoms with E-state index in [4.69, 9.17) is 9.47 Å². The number of ether oxygens (including phenoxy) is 2. The fourth-order valence-electron chi connectivity index (χ4n) is 3.51. The lowest BCUT2D eigenvalue weighted by Gasteiger charge is -2.12. The highest BCUT2D eigenvalue weighted by molar-refractivity contribution is 6.01. The van der Waals surface area contributed by atoms with Crippen LogP contribution in [0.4, 0.5) is 0 Å². The summed E-state index contributed by atoms with van der Waals surface area (Å²) in [6.07, 6.45) is 3.44. The predicted molar refractivity (Wildman–Crippen MR) is 130 cm³/mol. The molecule has 0 saturated heterocycles. The van der Waals surface area contributed by atoms with Gasteiger partial charge in [0.1, 0.15) is 28.6 Å². The van der Waals surface area contributed by atoms with Crippen LogP contribution < -0.4 is 15.6 Å². The Hall–Kier alpha value is -3.96. The minimum atomic E-state index is -0.579. The molecule has 0 spiro atoms. The van der Waals surface area contributed by atoms with Gasteiger partial charge in [-0.2, -0.15) is 10.2 Å². The normalized spacial score (nSPS) is 11.3. The zero-order valence-electron chi connectivity index (χ0n) is 19.8. The van der Waals surface area contributed by atoms with E-state index in [2.05, 4.69) is 10.3 Å². The van der Waals surface area contributed by atoms with Crippen molar-refractivity contribution in [3.63, 3.8) is 0 Å². The molecule has 2 aromatic heterocycles. The maximum absolute atomic E-state index is 13.4. The summed E-state index contributed by atoms with van der Waals surface area (Å²) in [5, 5.41) is 12.3. The van der Waals surface area contributed by atoms with Gasteiger partial charge in [-0.3, -0.25) is 14.0 Å². The van der Waals surface area contributed by atoms with Crippen LogP contribution >= 0.6 is 0 Å². The molecule has 0 saturated carbocycles. The Morgan fingerprint density at radius 3 is 2.65 bits per heavy atom. The third kappa shape index (κ3) is 5.88. The largest absolute Gasteiger partial charge is 0.438 e. The molecule has 0 radical (unpaired) electrons. The molecule has 1 N–H and O–H groups in total. The first kappa shape index (κ1) is 24.7. The van der Waals surface area contributed by atoms with E-state index in [0.29, 0.717) is 37.6 Å². The Kier molecular flexibility index (Phi) is 8.17. The molecule has 0 aliphatic heterocycles. The van der Waals surface area contributed by atoms with Crippen LogP contribution in [0.1, 0.15) is 35.6 Å². The third-order valence-electron chi connectivity index (χ3n) is 5.07. The zero-order chi connectivity index (χ0) is 24.7. The first-order chi connectivity index (χ1) is 16.3. The molecular weight excluding hydrogens is 432 g/mol. The van der Waals surface area contributed by atoms with Crippen LogP contribution in [0.2, 0.25) is 0 Å². The lowest BCUT2D eigenvalue weighted by molar-refractivity contribution is -0.117. The number of nitrogens with zero attached hydrogens (tertiary/aromatic N) is 3. The molecule has 0 unspecified atom stereocenters. The van der Waals surface area contributed by atoms with Crippen molar-refractivity contribution >= 4 is 17.6 Å². The van der Waals surface area contributed by atoms with Gasteiger partial charge in [0.25, 0.3) is 11.5 Å². The second-order valence-corrected chi connectivity index (χ2v) is 7.92. The van der Waals surface area contributed by atoms with Crippen molar-refractivity contribution in [1.29, 1.82) is 5.26 Å². The molecule has 8 nitrogen and oxygen atoms in total. The van der Waals surface area contributed by atoms with Gasteiger partial charge in [0, 0.05) is 26.0 Å². The average Bonchev–Trinajstić information content (AvgIpc) is 2.79. The van der Waals surface area contributed by atoms with E-state index in [1.165, 1.54) is 10.5 Å². The maximum Gasteiger partial charge on any atom is 0.269 e. The molecule has 0 aliphatic rings. The van der Waals surface area contributed by atoms with Crippen molar-refractivity contribution in [2.75, 3.05) is 19.8 Å². The Balaban J connectivity index is 2.06. The second-order valence-electron chi connectivity index (χ2n) is 7.92. The van der Waals surface area contributed by atoms with Gasteiger partial charge in [-0.1, -0.05) is 12.1 Å². The van der Waals surface area contributed by atoms with E-state index < -0.39 is 11.5 Å². The van der Waals surface area contributed by atoms with E-state index in [0.717, 1.165) is 16.7 Å². The zero-order valence-corrected chi connectivity index (χ0v) is 19.8. The molecule has 176 valence electrons.